The normalized spacial score (nSPS) is 21.1. The van der Waals surface area contributed by atoms with Crippen LogP contribution in [0.3, 0.4) is 0 Å². The molecule has 0 bridgehead atoms. The van der Waals surface area contributed by atoms with Crippen LogP contribution < -0.4 is 14.2 Å². The number of benzene rings is 1. The van der Waals surface area contributed by atoms with Crippen LogP contribution in [0.15, 0.2) is 36.7 Å². The predicted molar refractivity (Wildman–Crippen MR) is 160 cm³/mol. The molecule has 1 aliphatic carbocycles. The Morgan fingerprint density at radius 2 is 1.72 bits per heavy atom. The van der Waals surface area contributed by atoms with Crippen LogP contribution in [0.4, 0.5) is 22.0 Å². The fourth-order valence-corrected chi connectivity index (χ4v) is 7.02. The van der Waals surface area contributed by atoms with Crippen molar-refractivity contribution in [3.8, 4) is 22.9 Å². The SMILES string of the molecule is COC(OC)C1CCN(C[C@H]2CCCc3c(C(F)(F)F)nn(-c4cncc(OC(C)[C@@H](C)c5ccc6c(c5)OC(F)(F)O6)c4)c32)CC1. The summed E-state index contributed by atoms with van der Waals surface area (Å²) in [7, 11) is 3.26. The van der Waals surface area contributed by atoms with Gasteiger partial charge in [0.1, 0.15) is 11.9 Å². The summed E-state index contributed by atoms with van der Waals surface area (Å²) in [5.74, 6) is 0.0681. The molecule has 0 saturated carbocycles. The van der Waals surface area contributed by atoms with Gasteiger partial charge < -0.3 is 28.6 Å². The molecular formula is C33H39F5N4O5. The van der Waals surface area contributed by atoms with E-state index in [1.807, 2.05) is 13.8 Å². The summed E-state index contributed by atoms with van der Waals surface area (Å²) in [6.07, 6.45) is -2.65. The third-order valence-electron chi connectivity index (χ3n) is 9.54. The van der Waals surface area contributed by atoms with E-state index in [9.17, 15) is 22.0 Å². The monoisotopic (exact) mass is 666 g/mol. The first-order valence-electron chi connectivity index (χ1n) is 15.9. The summed E-state index contributed by atoms with van der Waals surface area (Å²) in [6, 6.07) is 6.20. The number of likely N-dealkylation sites (tertiary alicyclic amines) is 1. The predicted octanol–water partition coefficient (Wildman–Crippen LogP) is 6.93. The van der Waals surface area contributed by atoms with Gasteiger partial charge in [0.25, 0.3) is 0 Å². The zero-order valence-electron chi connectivity index (χ0n) is 26.7. The molecule has 3 aliphatic rings. The molecule has 1 aromatic carbocycles. The Hall–Kier alpha value is -3.49. The molecular weight excluding hydrogens is 627 g/mol. The largest absolute Gasteiger partial charge is 0.586 e. The zero-order valence-corrected chi connectivity index (χ0v) is 26.7. The Bertz CT molecular complexity index is 1550. The average Bonchev–Trinajstić information content (AvgIpc) is 3.59. The van der Waals surface area contributed by atoms with Gasteiger partial charge in [0.15, 0.2) is 23.5 Å². The van der Waals surface area contributed by atoms with Crippen LogP contribution in [0, 0.1) is 5.92 Å². The molecule has 6 rings (SSSR count). The van der Waals surface area contributed by atoms with Gasteiger partial charge >= 0.3 is 12.5 Å². The van der Waals surface area contributed by atoms with Gasteiger partial charge in [0.2, 0.25) is 0 Å². The van der Waals surface area contributed by atoms with E-state index in [2.05, 4.69) is 24.5 Å². The number of fused-ring (bicyclic) bond motifs is 2. The Kier molecular flexibility index (Phi) is 9.38. The molecule has 0 N–H and O–H groups in total. The lowest BCUT2D eigenvalue weighted by atomic mass is 9.85. The lowest BCUT2D eigenvalue weighted by molar-refractivity contribution is -0.286. The maximum atomic E-state index is 14.3. The number of hydrogen-bond acceptors (Lipinski definition) is 8. The van der Waals surface area contributed by atoms with Gasteiger partial charge in [-0.1, -0.05) is 13.0 Å². The number of aromatic nitrogens is 3. The molecule has 1 unspecified atom stereocenters. The Labute approximate surface area is 269 Å². The van der Waals surface area contributed by atoms with E-state index >= 15 is 0 Å². The van der Waals surface area contributed by atoms with Gasteiger partial charge in [0.05, 0.1) is 23.8 Å². The molecule has 0 amide bonds. The summed E-state index contributed by atoms with van der Waals surface area (Å²) in [5, 5.41) is 4.14. The number of methoxy groups -OCH3 is 2. The van der Waals surface area contributed by atoms with Crippen molar-refractivity contribution in [1.82, 2.24) is 19.7 Å². The molecule has 256 valence electrons. The minimum atomic E-state index is -4.61. The molecule has 1 fully saturated rings. The van der Waals surface area contributed by atoms with Crippen molar-refractivity contribution < 1.29 is 45.6 Å². The third-order valence-corrected chi connectivity index (χ3v) is 9.54. The van der Waals surface area contributed by atoms with Crippen LogP contribution >= 0.6 is 0 Å². The lowest BCUT2D eigenvalue weighted by Crippen LogP contribution is -2.41. The molecule has 14 heteroatoms. The summed E-state index contributed by atoms with van der Waals surface area (Å²) in [6.45, 7) is 5.90. The maximum absolute atomic E-state index is 14.3. The molecule has 0 spiro atoms. The number of alkyl halides is 5. The van der Waals surface area contributed by atoms with Crippen molar-refractivity contribution in [2.75, 3.05) is 33.9 Å². The molecule has 2 aliphatic heterocycles. The first-order valence-corrected chi connectivity index (χ1v) is 15.9. The standard InChI is InChI=1S/C33H39F5N4O5/c1-19(22-8-9-27-28(14-22)47-33(37,38)46-27)20(2)45-25-15-24(16-39-17-25)42-29-23(6-5-7-26(29)30(40-42)32(34,35)36)18-41-12-10-21(11-13-41)31(43-3)44-4/h8-9,14-17,19-21,23,31H,5-7,10-13,18H2,1-4H3/t19-,20?,23-/m1/s1. The summed E-state index contributed by atoms with van der Waals surface area (Å²) < 4.78 is 97.5. The van der Waals surface area contributed by atoms with E-state index in [0.29, 0.717) is 42.1 Å². The quantitative estimate of drug-likeness (QED) is 0.170. The van der Waals surface area contributed by atoms with Crippen LogP contribution in [0.25, 0.3) is 5.69 Å². The highest BCUT2D eigenvalue weighted by atomic mass is 19.4. The van der Waals surface area contributed by atoms with Gasteiger partial charge in [-0.3, -0.25) is 4.98 Å². The van der Waals surface area contributed by atoms with Gasteiger partial charge in [0, 0.05) is 50.1 Å². The van der Waals surface area contributed by atoms with E-state index in [-0.39, 0.29) is 41.1 Å². The van der Waals surface area contributed by atoms with Crippen molar-refractivity contribution >= 4 is 0 Å². The van der Waals surface area contributed by atoms with Crippen LogP contribution in [0.1, 0.15) is 73.9 Å². The highest BCUT2D eigenvalue weighted by Gasteiger charge is 2.44. The average molecular weight is 667 g/mol. The number of hydrogen-bond donors (Lipinski definition) is 0. The van der Waals surface area contributed by atoms with Gasteiger partial charge in [-0.2, -0.15) is 18.3 Å². The molecule has 2 aromatic heterocycles. The number of pyridine rings is 1. The number of nitrogens with zero attached hydrogens (tertiary/aromatic N) is 4. The zero-order chi connectivity index (χ0) is 33.5. The molecule has 1 saturated heterocycles. The molecule has 3 aromatic rings. The van der Waals surface area contributed by atoms with Gasteiger partial charge in [-0.15, -0.1) is 8.78 Å². The maximum Gasteiger partial charge on any atom is 0.586 e. The smallest absolute Gasteiger partial charge is 0.488 e. The van der Waals surface area contributed by atoms with Crippen LogP contribution in [0.2, 0.25) is 0 Å². The van der Waals surface area contributed by atoms with Gasteiger partial charge in [-0.05, 0) is 69.8 Å². The van der Waals surface area contributed by atoms with Crippen molar-refractivity contribution in [1.29, 1.82) is 0 Å². The Morgan fingerprint density at radius 1 is 1.00 bits per heavy atom. The summed E-state index contributed by atoms with van der Waals surface area (Å²) in [5.41, 5.74) is 0.997. The van der Waals surface area contributed by atoms with Crippen molar-refractivity contribution in [2.45, 2.75) is 82.7 Å². The van der Waals surface area contributed by atoms with E-state index < -0.39 is 24.3 Å². The molecule has 47 heavy (non-hydrogen) atoms. The minimum Gasteiger partial charge on any atom is -0.488 e. The Balaban J connectivity index is 1.22. The highest BCUT2D eigenvalue weighted by molar-refractivity contribution is 5.46. The fourth-order valence-electron chi connectivity index (χ4n) is 7.02. The van der Waals surface area contributed by atoms with E-state index in [1.165, 1.54) is 29.2 Å². The number of halogens is 5. The number of ether oxygens (including phenoxy) is 5. The first kappa shape index (κ1) is 33.4. The molecule has 3 atom stereocenters. The van der Waals surface area contributed by atoms with Crippen LogP contribution in [-0.4, -0.2) is 72.2 Å². The highest BCUT2D eigenvalue weighted by Crippen LogP contribution is 2.44. The minimum absolute atomic E-state index is 0.0502. The summed E-state index contributed by atoms with van der Waals surface area (Å²) in [4.78, 5) is 6.60. The first-order chi connectivity index (χ1) is 22.4. The second-order valence-electron chi connectivity index (χ2n) is 12.6. The number of piperidine rings is 1. The second kappa shape index (κ2) is 13.2. The van der Waals surface area contributed by atoms with Crippen molar-refractivity contribution in [3.63, 3.8) is 0 Å². The van der Waals surface area contributed by atoms with Gasteiger partial charge in [-0.25, -0.2) is 4.68 Å². The molecule has 0 radical (unpaired) electrons. The molecule has 9 nitrogen and oxygen atoms in total. The van der Waals surface area contributed by atoms with E-state index in [1.54, 1.807) is 26.4 Å². The molecule has 4 heterocycles. The topological polar surface area (TPSA) is 80.1 Å². The van der Waals surface area contributed by atoms with E-state index in [4.69, 9.17) is 14.2 Å². The van der Waals surface area contributed by atoms with Crippen LogP contribution in [0.5, 0.6) is 17.2 Å². The van der Waals surface area contributed by atoms with Crippen molar-refractivity contribution in [2.24, 2.45) is 5.92 Å². The third kappa shape index (κ3) is 7.05. The van der Waals surface area contributed by atoms with Crippen molar-refractivity contribution in [3.05, 3.63) is 59.2 Å². The fraction of sp³-hybridized carbons (Fsp3) is 0.576. The van der Waals surface area contributed by atoms with Crippen LogP contribution in [-0.2, 0) is 22.1 Å². The second-order valence-corrected chi connectivity index (χ2v) is 12.6. The van der Waals surface area contributed by atoms with E-state index in [0.717, 1.165) is 32.4 Å². The lowest BCUT2D eigenvalue weighted by Gasteiger charge is -2.37. The number of rotatable bonds is 10. The summed E-state index contributed by atoms with van der Waals surface area (Å²) >= 11 is 0. The Morgan fingerprint density at radius 3 is 2.43 bits per heavy atom.